The Morgan fingerprint density at radius 2 is 1.89 bits per heavy atom. The van der Waals surface area contributed by atoms with Crippen LogP contribution in [-0.2, 0) is 4.12 Å². The lowest BCUT2D eigenvalue weighted by Crippen LogP contribution is -2.29. The molecule has 0 saturated heterocycles. The SMILES string of the molecule is CC[Si](Cl)(CC)O[Si]Cl. The van der Waals surface area contributed by atoms with Crippen molar-refractivity contribution in [3.63, 3.8) is 0 Å². The van der Waals surface area contributed by atoms with Gasteiger partial charge in [0.1, 0.15) is 0 Å². The van der Waals surface area contributed by atoms with Crippen LogP contribution in [0.3, 0.4) is 0 Å². The minimum Gasteiger partial charge on any atom is -0.433 e. The molecule has 0 aromatic rings. The maximum Gasteiger partial charge on any atom is 0.346 e. The van der Waals surface area contributed by atoms with Gasteiger partial charge in [-0.05, 0) is 12.1 Å². The number of halogens is 2. The normalized spacial score (nSPS) is 12.0. The van der Waals surface area contributed by atoms with E-state index in [1.807, 2.05) is 13.8 Å². The van der Waals surface area contributed by atoms with Crippen LogP contribution in [0, 0.1) is 0 Å². The Kier molecular flexibility index (Phi) is 5.25. The van der Waals surface area contributed by atoms with Gasteiger partial charge in [-0.25, -0.2) is 0 Å². The Hall–Kier alpha value is 0.974. The molecular weight excluding hydrogens is 191 g/mol. The molecule has 0 bridgehead atoms. The quantitative estimate of drug-likeness (QED) is 0.501. The number of hydrogen-bond donors (Lipinski definition) is 0. The van der Waals surface area contributed by atoms with Crippen molar-refractivity contribution >= 4 is 38.9 Å². The van der Waals surface area contributed by atoms with Crippen molar-refractivity contribution < 1.29 is 4.12 Å². The summed E-state index contributed by atoms with van der Waals surface area (Å²) in [5.74, 6) is 0. The molecule has 0 fully saturated rings. The zero-order chi connectivity index (χ0) is 7.33. The zero-order valence-electron chi connectivity index (χ0n) is 5.58. The van der Waals surface area contributed by atoms with E-state index in [1.54, 1.807) is 0 Å². The highest BCUT2D eigenvalue weighted by Gasteiger charge is 2.27. The van der Waals surface area contributed by atoms with Gasteiger partial charge in [-0.2, -0.15) is 0 Å². The van der Waals surface area contributed by atoms with Gasteiger partial charge in [-0.3, -0.25) is 0 Å². The predicted octanol–water partition coefficient (Wildman–Crippen LogP) is 2.50. The Morgan fingerprint density at radius 3 is 2.00 bits per heavy atom. The standard InChI is InChI=1S/C4H10Cl2OSi2/c1-3-9(6,4-2)7-8-5/h3-4H2,1-2H3. The first-order valence-electron chi connectivity index (χ1n) is 2.91. The third-order valence-electron chi connectivity index (χ3n) is 1.28. The van der Waals surface area contributed by atoms with E-state index < -0.39 is 7.63 Å². The second-order valence-corrected chi connectivity index (χ2v) is 8.45. The molecule has 54 valence electrons. The second-order valence-electron chi connectivity index (χ2n) is 1.77. The van der Waals surface area contributed by atoms with Crippen molar-refractivity contribution in [2.45, 2.75) is 25.9 Å². The fourth-order valence-corrected chi connectivity index (χ4v) is 4.70. The molecule has 0 aromatic heterocycles. The van der Waals surface area contributed by atoms with Crippen molar-refractivity contribution in [1.29, 1.82) is 0 Å². The number of rotatable bonds is 4. The third-order valence-corrected chi connectivity index (χ3v) is 8.15. The smallest absolute Gasteiger partial charge is 0.346 e. The molecule has 2 radical (unpaired) electrons. The molecule has 9 heavy (non-hydrogen) atoms. The van der Waals surface area contributed by atoms with E-state index in [-0.39, 0.29) is 9.07 Å². The Balaban J connectivity index is 3.62. The van der Waals surface area contributed by atoms with Crippen LogP contribution in [0.5, 0.6) is 0 Å². The maximum atomic E-state index is 6.05. The highest BCUT2D eigenvalue weighted by molar-refractivity contribution is 7.19. The van der Waals surface area contributed by atoms with Crippen molar-refractivity contribution in [1.82, 2.24) is 0 Å². The first-order valence-corrected chi connectivity index (χ1v) is 8.16. The largest absolute Gasteiger partial charge is 0.433 e. The van der Waals surface area contributed by atoms with E-state index in [0.717, 1.165) is 12.1 Å². The van der Waals surface area contributed by atoms with Crippen LogP contribution in [-0.4, -0.2) is 16.7 Å². The van der Waals surface area contributed by atoms with Gasteiger partial charge in [-0.15, -0.1) is 22.2 Å². The fraction of sp³-hybridized carbons (Fsp3) is 1.00. The van der Waals surface area contributed by atoms with E-state index in [0.29, 0.717) is 0 Å². The van der Waals surface area contributed by atoms with Gasteiger partial charge in [-0.1, -0.05) is 13.8 Å². The molecule has 0 N–H and O–H groups in total. The predicted molar refractivity (Wildman–Crippen MR) is 45.3 cm³/mol. The van der Waals surface area contributed by atoms with E-state index in [4.69, 9.17) is 26.3 Å². The second kappa shape index (κ2) is 4.74. The molecule has 0 aliphatic rings. The van der Waals surface area contributed by atoms with E-state index in [1.165, 1.54) is 0 Å². The summed E-state index contributed by atoms with van der Waals surface area (Å²) < 4.78 is 5.23. The number of hydrogen-bond acceptors (Lipinski definition) is 1. The highest BCUT2D eigenvalue weighted by atomic mass is 35.6. The first-order chi connectivity index (χ1) is 4.18. The van der Waals surface area contributed by atoms with Gasteiger partial charge >= 0.3 is 9.07 Å². The zero-order valence-corrected chi connectivity index (χ0v) is 9.09. The summed E-state index contributed by atoms with van der Waals surface area (Å²) in [5.41, 5.74) is 0. The summed E-state index contributed by atoms with van der Waals surface area (Å²) in [5, 5.41) is 0. The van der Waals surface area contributed by atoms with Crippen LogP contribution in [0.4, 0.5) is 0 Å². The van der Waals surface area contributed by atoms with Crippen LogP contribution in [0.25, 0.3) is 0 Å². The lowest BCUT2D eigenvalue weighted by Gasteiger charge is -2.18. The average Bonchev–Trinajstić information content (AvgIpc) is 1.89. The minimum atomic E-state index is -1.84. The van der Waals surface area contributed by atoms with E-state index >= 15 is 0 Å². The van der Waals surface area contributed by atoms with Gasteiger partial charge < -0.3 is 4.12 Å². The average molecular weight is 201 g/mol. The van der Waals surface area contributed by atoms with Gasteiger partial charge in [0.15, 0.2) is 0 Å². The van der Waals surface area contributed by atoms with Gasteiger partial charge in [0.25, 0.3) is 7.63 Å². The summed E-state index contributed by atoms with van der Waals surface area (Å²) >= 11 is 11.4. The molecule has 0 aliphatic heterocycles. The molecular formula is C4H10Cl2OSi2. The van der Waals surface area contributed by atoms with Gasteiger partial charge in [0.05, 0.1) is 0 Å². The topological polar surface area (TPSA) is 9.23 Å². The van der Waals surface area contributed by atoms with Crippen molar-refractivity contribution in [3.05, 3.63) is 0 Å². The van der Waals surface area contributed by atoms with Crippen LogP contribution >= 0.6 is 22.2 Å². The molecule has 0 spiro atoms. The third kappa shape index (κ3) is 3.62. The minimum absolute atomic E-state index is 0.0248. The molecule has 1 nitrogen and oxygen atoms in total. The molecule has 0 aliphatic carbocycles. The lowest BCUT2D eigenvalue weighted by atomic mass is 11.0. The highest BCUT2D eigenvalue weighted by Crippen LogP contribution is 2.20. The van der Waals surface area contributed by atoms with Crippen LogP contribution in [0.15, 0.2) is 0 Å². The van der Waals surface area contributed by atoms with Crippen molar-refractivity contribution in [3.8, 4) is 0 Å². The molecule has 5 heteroatoms. The summed E-state index contributed by atoms with van der Waals surface area (Å²) in [7, 11) is -1.82. The van der Waals surface area contributed by atoms with E-state index in [2.05, 4.69) is 0 Å². The first kappa shape index (κ1) is 9.97. The van der Waals surface area contributed by atoms with Crippen LogP contribution in [0.1, 0.15) is 13.8 Å². The molecule has 0 aromatic carbocycles. The summed E-state index contributed by atoms with van der Waals surface area (Å²) in [6, 6.07) is 1.87. The summed E-state index contributed by atoms with van der Waals surface area (Å²) in [6.45, 7) is 4.08. The molecule has 0 unspecified atom stereocenters. The lowest BCUT2D eigenvalue weighted by molar-refractivity contribution is 0.611. The Morgan fingerprint density at radius 1 is 1.44 bits per heavy atom. The van der Waals surface area contributed by atoms with E-state index in [9.17, 15) is 0 Å². The molecule has 0 atom stereocenters. The molecule has 0 amide bonds. The Labute approximate surface area is 69.2 Å². The summed E-state index contributed by atoms with van der Waals surface area (Å²) in [6.07, 6.45) is 0. The fourth-order valence-electron chi connectivity index (χ4n) is 0.463. The molecule has 0 heterocycles. The maximum absolute atomic E-state index is 6.05. The Bertz CT molecular complexity index is 77.0. The summed E-state index contributed by atoms with van der Waals surface area (Å²) in [4.78, 5) is 0. The van der Waals surface area contributed by atoms with Crippen LogP contribution < -0.4 is 0 Å². The monoisotopic (exact) mass is 200 g/mol. The van der Waals surface area contributed by atoms with Gasteiger partial charge in [0.2, 0.25) is 0 Å². The van der Waals surface area contributed by atoms with Crippen LogP contribution in [0.2, 0.25) is 12.1 Å². The van der Waals surface area contributed by atoms with Crippen molar-refractivity contribution in [2.24, 2.45) is 0 Å². The molecule has 0 rings (SSSR count). The van der Waals surface area contributed by atoms with Gasteiger partial charge in [0, 0.05) is 0 Å². The van der Waals surface area contributed by atoms with Crippen molar-refractivity contribution in [2.75, 3.05) is 0 Å². The molecule has 0 saturated carbocycles.